The Morgan fingerprint density at radius 2 is 1.90 bits per heavy atom. The van der Waals surface area contributed by atoms with Crippen LogP contribution in [0.5, 0.6) is 0 Å². The minimum absolute atomic E-state index is 0.197. The van der Waals surface area contributed by atoms with Crippen LogP contribution in [0.4, 0.5) is 0 Å². The molecule has 2 aromatic rings. The third-order valence-corrected chi connectivity index (χ3v) is 4.55. The Labute approximate surface area is 125 Å². The van der Waals surface area contributed by atoms with Crippen LogP contribution in [-0.4, -0.2) is 22.1 Å². The van der Waals surface area contributed by atoms with Crippen LogP contribution in [0.25, 0.3) is 0 Å². The lowest BCUT2D eigenvalue weighted by Crippen LogP contribution is -2.31. The van der Waals surface area contributed by atoms with Crippen LogP contribution in [0.3, 0.4) is 0 Å². The molecule has 0 aliphatic heterocycles. The SMILES string of the molecule is CCc1ccc(C(COC)NS(=O)(=O)c2ccccc2)o1. The van der Waals surface area contributed by atoms with E-state index in [0.717, 1.165) is 12.2 Å². The number of ether oxygens (including phenoxy) is 1. The van der Waals surface area contributed by atoms with E-state index >= 15 is 0 Å². The van der Waals surface area contributed by atoms with Gasteiger partial charge in [0.05, 0.1) is 11.5 Å². The summed E-state index contributed by atoms with van der Waals surface area (Å²) in [7, 11) is -2.10. The molecule has 114 valence electrons. The van der Waals surface area contributed by atoms with Crippen molar-refractivity contribution in [3.8, 4) is 0 Å². The highest BCUT2D eigenvalue weighted by Gasteiger charge is 2.23. The van der Waals surface area contributed by atoms with Crippen molar-refractivity contribution in [1.29, 1.82) is 0 Å². The summed E-state index contributed by atoms with van der Waals surface area (Å²) in [5.74, 6) is 1.36. The quantitative estimate of drug-likeness (QED) is 0.853. The van der Waals surface area contributed by atoms with Gasteiger partial charge in [-0.1, -0.05) is 25.1 Å². The second-order valence-corrected chi connectivity index (χ2v) is 6.31. The molecule has 0 amide bonds. The van der Waals surface area contributed by atoms with Crippen molar-refractivity contribution in [2.24, 2.45) is 0 Å². The number of furan rings is 1. The van der Waals surface area contributed by atoms with Gasteiger partial charge in [0.2, 0.25) is 10.0 Å². The molecule has 5 nitrogen and oxygen atoms in total. The molecule has 0 saturated heterocycles. The summed E-state index contributed by atoms with van der Waals surface area (Å²) in [6.45, 7) is 2.17. The first-order valence-electron chi connectivity index (χ1n) is 6.71. The summed E-state index contributed by atoms with van der Waals surface area (Å²) in [4.78, 5) is 0.216. The predicted molar refractivity (Wildman–Crippen MR) is 79.5 cm³/mol. The molecule has 21 heavy (non-hydrogen) atoms. The van der Waals surface area contributed by atoms with Gasteiger partial charge in [-0.3, -0.25) is 0 Å². The van der Waals surface area contributed by atoms with E-state index in [2.05, 4.69) is 4.72 Å². The lowest BCUT2D eigenvalue weighted by Gasteiger charge is -2.16. The zero-order valence-electron chi connectivity index (χ0n) is 12.1. The fourth-order valence-corrected chi connectivity index (χ4v) is 3.18. The van der Waals surface area contributed by atoms with E-state index in [1.54, 1.807) is 36.4 Å². The summed E-state index contributed by atoms with van der Waals surface area (Å²) in [5.41, 5.74) is 0. The molecule has 0 radical (unpaired) electrons. The minimum Gasteiger partial charge on any atom is -0.464 e. The van der Waals surface area contributed by atoms with E-state index in [4.69, 9.17) is 9.15 Å². The monoisotopic (exact) mass is 309 g/mol. The van der Waals surface area contributed by atoms with E-state index in [-0.39, 0.29) is 11.5 Å². The van der Waals surface area contributed by atoms with Gasteiger partial charge < -0.3 is 9.15 Å². The number of sulfonamides is 1. The second kappa shape index (κ2) is 6.89. The molecule has 1 aromatic carbocycles. The predicted octanol–water partition coefficient (Wildman–Crippen LogP) is 2.51. The molecule has 2 rings (SSSR count). The van der Waals surface area contributed by atoms with E-state index in [9.17, 15) is 8.42 Å². The van der Waals surface area contributed by atoms with Crippen LogP contribution >= 0.6 is 0 Å². The Hall–Kier alpha value is -1.63. The van der Waals surface area contributed by atoms with Crippen molar-refractivity contribution >= 4 is 10.0 Å². The number of nitrogens with one attached hydrogen (secondary N) is 1. The zero-order chi connectivity index (χ0) is 15.3. The molecule has 0 aliphatic carbocycles. The summed E-state index contributed by atoms with van der Waals surface area (Å²) in [5, 5.41) is 0. The maximum atomic E-state index is 12.4. The first kappa shape index (κ1) is 15.8. The van der Waals surface area contributed by atoms with Crippen LogP contribution in [0, 0.1) is 0 Å². The van der Waals surface area contributed by atoms with Gasteiger partial charge in [0.15, 0.2) is 0 Å². The molecule has 0 spiro atoms. The van der Waals surface area contributed by atoms with E-state index in [1.165, 1.54) is 7.11 Å². The van der Waals surface area contributed by atoms with E-state index in [0.29, 0.717) is 5.76 Å². The molecule has 1 N–H and O–H groups in total. The van der Waals surface area contributed by atoms with Gasteiger partial charge in [-0.05, 0) is 24.3 Å². The molecule has 1 heterocycles. The third-order valence-electron chi connectivity index (χ3n) is 3.06. The first-order chi connectivity index (χ1) is 10.1. The van der Waals surface area contributed by atoms with Gasteiger partial charge in [-0.25, -0.2) is 8.42 Å². The number of aryl methyl sites for hydroxylation is 1. The van der Waals surface area contributed by atoms with Gasteiger partial charge in [0, 0.05) is 13.5 Å². The average Bonchev–Trinajstić information content (AvgIpc) is 2.96. The highest BCUT2D eigenvalue weighted by atomic mass is 32.2. The summed E-state index contributed by atoms with van der Waals surface area (Å²) < 4.78 is 38.1. The number of rotatable bonds is 7. The average molecular weight is 309 g/mol. The number of hydrogen-bond donors (Lipinski definition) is 1. The highest BCUT2D eigenvalue weighted by molar-refractivity contribution is 7.89. The number of hydrogen-bond acceptors (Lipinski definition) is 4. The fraction of sp³-hybridized carbons (Fsp3) is 0.333. The number of benzene rings is 1. The van der Waals surface area contributed by atoms with Gasteiger partial charge >= 0.3 is 0 Å². The van der Waals surface area contributed by atoms with Crippen molar-refractivity contribution in [3.05, 3.63) is 54.0 Å². The van der Waals surface area contributed by atoms with Crippen molar-refractivity contribution in [1.82, 2.24) is 4.72 Å². The molecule has 0 fully saturated rings. The molecule has 0 saturated carbocycles. The molecular weight excluding hydrogens is 290 g/mol. The minimum atomic E-state index is -3.62. The molecule has 1 unspecified atom stereocenters. The topological polar surface area (TPSA) is 68.5 Å². The zero-order valence-corrected chi connectivity index (χ0v) is 12.9. The van der Waals surface area contributed by atoms with Gasteiger partial charge in [0.25, 0.3) is 0 Å². The Morgan fingerprint density at radius 1 is 1.19 bits per heavy atom. The van der Waals surface area contributed by atoms with Crippen molar-refractivity contribution in [2.45, 2.75) is 24.3 Å². The first-order valence-corrected chi connectivity index (χ1v) is 8.20. The smallest absolute Gasteiger partial charge is 0.241 e. The van der Waals surface area contributed by atoms with Crippen LogP contribution < -0.4 is 4.72 Å². The Kier molecular flexibility index (Phi) is 5.17. The van der Waals surface area contributed by atoms with Crippen molar-refractivity contribution in [2.75, 3.05) is 13.7 Å². The third kappa shape index (κ3) is 3.93. The summed E-state index contributed by atoms with van der Waals surface area (Å²) in [6.07, 6.45) is 0.755. The molecule has 0 bridgehead atoms. The molecule has 6 heteroatoms. The maximum Gasteiger partial charge on any atom is 0.241 e. The van der Waals surface area contributed by atoms with Gasteiger partial charge in [0.1, 0.15) is 17.6 Å². The maximum absolute atomic E-state index is 12.4. The van der Waals surface area contributed by atoms with Crippen LogP contribution in [-0.2, 0) is 21.2 Å². The molecular formula is C15H19NO4S. The van der Waals surface area contributed by atoms with Crippen LogP contribution in [0.1, 0.15) is 24.5 Å². The Bertz CT molecular complexity index is 664. The molecule has 1 atom stereocenters. The number of methoxy groups -OCH3 is 1. The summed E-state index contributed by atoms with van der Waals surface area (Å²) >= 11 is 0. The lowest BCUT2D eigenvalue weighted by atomic mass is 10.2. The normalized spacial score (nSPS) is 13.2. The largest absolute Gasteiger partial charge is 0.464 e. The van der Waals surface area contributed by atoms with E-state index in [1.807, 2.05) is 13.0 Å². The molecule has 0 aliphatic rings. The van der Waals surface area contributed by atoms with Gasteiger partial charge in [-0.15, -0.1) is 0 Å². The van der Waals surface area contributed by atoms with Crippen molar-refractivity contribution in [3.63, 3.8) is 0 Å². The van der Waals surface area contributed by atoms with E-state index < -0.39 is 16.1 Å². The van der Waals surface area contributed by atoms with Crippen LogP contribution in [0.2, 0.25) is 0 Å². The second-order valence-electron chi connectivity index (χ2n) is 4.60. The molecule has 1 aromatic heterocycles. The highest BCUT2D eigenvalue weighted by Crippen LogP contribution is 2.20. The van der Waals surface area contributed by atoms with Crippen LogP contribution in [0.15, 0.2) is 51.8 Å². The Balaban J connectivity index is 2.23. The van der Waals surface area contributed by atoms with Gasteiger partial charge in [-0.2, -0.15) is 4.72 Å². The van der Waals surface area contributed by atoms with Crippen molar-refractivity contribution < 1.29 is 17.6 Å². The Morgan fingerprint density at radius 3 is 2.48 bits per heavy atom. The lowest BCUT2D eigenvalue weighted by molar-refractivity contribution is 0.166. The fourth-order valence-electron chi connectivity index (χ4n) is 1.97. The standard InChI is InChI=1S/C15H19NO4S/c1-3-12-9-10-15(20-12)14(11-19-2)16-21(17,18)13-7-5-4-6-8-13/h4-10,14,16H,3,11H2,1-2H3. The summed E-state index contributed by atoms with van der Waals surface area (Å²) in [6, 6.07) is 11.3.